The van der Waals surface area contributed by atoms with Crippen LogP contribution in [0.2, 0.25) is 0 Å². The predicted molar refractivity (Wildman–Crippen MR) is 271 cm³/mol. The molecule has 0 aliphatic heterocycles. The van der Waals surface area contributed by atoms with Crippen LogP contribution in [0.25, 0.3) is 99.1 Å². The molecule has 0 fully saturated rings. The Labute approximate surface area is 372 Å². The molecular weight excluding hydrogens is 775 g/mol. The number of benzene rings is 11. The number of furan rings is 1. The molecule has 12 aromatic rings. The van der Waals surface area contributed by atoms with Crippen LogP contribution in [0.1, 0.15) is 0 Å². The van der Waals surface area contributed by atoms with E-state index in [1.807, 2.05) is 12.1 Å². The summed E-state index contributed by atoms with van der Waals surface area (Å²) in [6.07, 6.45) is 0. The molecule has 2 nitrogen and oxygen atoms in total. The van der Waals surface area contributed by atoms with Gasteiger partial charge in [-0.3, -0.25) is 0 Å². The molecule has 0 unspecified atom stereocenters. The first-order valence-electron chi connectivity index (χ1n) is 21.9. The Kier molecular flexibility index (Phi) is 9.20. The van der Waals surface area contributed by atoms with Crippen LogP contribution < -0.4 is 4.90 Å². The quantitative estimate of drug-likeness (QED) is 0.152. The van der Waals surface area contributed by atoms with E-state index in [2.05, 4.69) is 241 Å². The number of fused-ring (bicyclic) bond motifs is 5. The van der Waals surface area contributed by atoms with Gasteiger partial charge in [-0.05, 0) is 126 Å². The molecule has 0 radical (unpaired) electrons. The molecule has 0 saturated heterocycles. The Balaban J connectivity index is 0.943. The summed E-state index contributed by atoms with van der Waals surface area (Å²) in [6.45, 7) is 0. The third-order valence-corrected chi connectivity index (χ3v) is 12.7. The highest BCUT2D eigenvalue weighted by Gasteiger charge is 2.19. The van der Waals surface area contributed by atoms with Gasteiger partial charge < -0.3 is 9.32 Å². The van der Waals surface area contributed by atoms with Crippen molar-refractivity contribution in [3.63, 3.8) is 0 Å². The van der Waals surface area contributed by atoms with Crippen molar-refractivity contribution in [1.82, 2.24) is 0 Å². The number of hydrogen-bond donors (Lipinski definition) is 0. The van der Waals surface area contributed by atoms with E-state index in [1.54, 1.807) is 0 Å². The molecule has 0 atom stereocenters. The minimum absolute atomic E-state index is 0.889. The highest BCUT2D eigenvalue weighted by molar-refractivity contribution is 6.07. The van der Waals surface area contributed by atoms with E-state index < -0.39 is 0 Å². The van der Waals surface area contributed by atoms with E-state index >= 15 is 0 Å². The van der Waals surface area contributed by atoms with Crippen molar-refractivity contribution < 1.29 is 4.42 Å². The van der Waals surface area contributed by atoms with Gasteiger partial charge in [-0.2, -0.15) is 0 Å². The zero-order chi connectivity index (χ0) is 42.4. The van der Waals surface area contributed by atoms with Crippen LogP contribution >= 0.6 is 0 Å². The third-order valence-electron chi connectivity index (χ3n) is 12.7. The van der Waals surface area contributed by atoms with Gasteiger partial charge in [-0.1, -0.05) is 194 Å². The highest BCUT2D eigenvalue weighted by atomic mass is 16.3. The molecule has 0 spiro atoms. The normalized spacial score (nSPS) is 11.4. The summed E-state index contributed by atoms with van der Waals surface area (Å²) in [7, 11) is 0. The minimum Gasteiger partial charge on any atom is -0.456 e. The van der Waals surface area contributed by atoms with Gasteiger partial charge in [0.05, 0.1) is 5.69 Å². The first-order chi connectivity index (χ1) is 31.7. The summed E-state index contributed by atoms with van der Waals surface area (Å²) in [5.74, 6) is 0. The standard InChI is InChI=1S/C62H41NO/c1-2-14-48-40-49(29-26-42(48)12-1)56-18-6-5-17-54(56)47-32-37-52(38-33-47)63(60-22-9-7-19-57(60)50-34-39-62-59(41-50)58-20-8-10-23-61(58)64-62)51-35-30-44(31-36-51)43-24-27-46(28-25-43)55-21-11-15-45-13-3-4-16-53(45)55/h1-41H. The topological polar surface area (TPSA) is 16.4 Å². The van der Waals surface area contributed by atoms with Crippen molar-refractivity contribution in [3.05, 3.63) is 249 Å². The Morgan fingerprint density at radius 3 is 1.48 bits per heavy atom. The molecule has 0 aliphatic carbocycles. The minimum atomic E-state index is 0.889. The predicted octanol–water partition coefficient (Wildman–Crippen LogP) is 17.7. The number of hydrogen-bond acceptors (Lipinski definition) is 2. The summed E-state index contributed by atoms with van der Waals surface area (Å²) >= 11 is 0. The van der Waals surface area contributed by atoms with Crippen molar-refractivity contribution in [2.75, 3.05) is 4.90 Å². The van der Waals surface area contributed by atoms with E-state index in [1.165, 1.54) is 66.1 Å². The first-order valence-corrected chi connectivity index (χ1v) is 21.9. The maximum atomic E-state index is 6.25. The smallest absolute Gasteiger partial charge is 0.135 e. The fourth-order valence-corrected chi connectivity index (χ4v) is 9.49. The Hall–Kier alpha value is -8.46. The molecular formula is C62H41NO. The average molecular weight is 816 g/mol. The molecule has 0 amide bonds. The van der Waals surface area contributed by atoms with E-state index in [0.717, 1.165) is 50.1 Å². The average Bonchev–Trinajstić information content (AvgIpc) is 3.75. The molecule has 2 heteroatoms. The number of rotatable bonds is 8. The van der Waals surface area contributed by atoms with E-state index in [9.17, 15) is 0 Å². The Bertz CT molecular complexity index is 3650. The molecule has 11 aromatic carbocycles. The second kappa shape index (κ2) is 15.8. The zero-order valence-corrected chi connectivity index (χ0v) is 35.0. The second-order valence-corrected chi connectivity index (χ2v) is 16.5. The molecule has 12 rings (SSSR count). The molecule has 64 heavy (non-hydrogen) atoms. The van der Waals surface area contributed by atoms with Gasteiger partial charge in [0.2, 0.25) is 0 Å². The summed E-state index contributed by atoms with van der Waals surface area (Å²) in [6, 6.07) is 89.8. The Morgan fingerprint density at radius 1 is 0.250 bits per heavy atom. The lowest BCUT2D eigenvalue weighted by Gasteiger charge is -2.28. The van der Waals surface area contributed by atoms with Gasteiger partial charge >= 0.3 is 0 Å². The maximum Gasteiger partial charge on any atom is 0.135 e. The molecule has 0 saturated carbocycles. The summed E-state index contributed by atoms with van der Waals surface area (Å²) in [4.78, 5) is 2.39. The number of anilines is 3. The fraction of sp³-hybridized carbons (Fsp3) is 0. The lowest BCUT2D eigenvalue weighted by atomic mass is 9.93. The van der Waals surface area contributed by atoms with Gasteiger partial charge in [0.1, 0.15) is 11.2 Å². The van der Waals surface area contributed by atoms with E-state index in [-0.39, 0.29) is 0 Å². The van der Waals surface area contributed by atoms with Crippen molar-refractivity contribution in [1.29, 1.82) is 0 Å². The van der Waals surface area contributed by atoms with Gasteiger partial charge in [-0.15, -0.1) is 0 Å². The van der Waals surface area contributed by atoms with Crippen molar-refractivity contribution >= 4 is 60.5 Å². The van der Waals surface area contributed by atoms with Crippen LogP contribution in [-0.2, 0) is 0 Å². The largest absolute Gasteiger partial charge is 0.456 e. The van der Waals surface area contributed by atoms with E-state index in [4.69, 9.17) is 4.42 Å². The SMILES string of the molecule is c1ccc(-c2ccc3ccccc3c2)c(-c2ccc(N(c3ccc(-c4ccc(-c5cccc6ccccc56)cc4)cc3)c3ccccc3-c3ccc4oc5ccccc5c4c3)cc2)c1. The van der Waals surface area contributed by atoms with Crippen LogP contribution in [-0.4, -0.2) is 0 Å². The lowest BCUT2D eigenvalue weighted by Crippen LogP contribution is -2.11. The van der Waals surface area contributed by atoms with Crippen molar-refractivity contribution in [2.45, 2.75) is 0 Å². The molecule has 0 bridgehead atoms. The van der Waals surface area contributed by atoms with E-state index in [0.29, 0.717) is 0 Å². The van der Waals surface area contributed by atoms with Crippen LogP contribution in [0.4, 0.5) is 17.1 Å². The molecule has 300 valence electrons. The van der Waals surface area contributed by atoms with Crippen molar-refractivity contribution in [3.8, 4) is 55.6 Å². The zero-order valence-electron chi connectivity index (χ0n) is 35.0. The number of nitrogens with zero attached hydrogens (tertiary/aromatic N) is 1. The fourth-order valence-electron chi connectivity index (χ4n) is 9.49. The summed E-state index contributed by atoms with van der Waals surface area (Å²) < 4.78 is 6.25. The van der Waals surface area contributed by atoms with Gasteiger partial charge in [0, 0.05) is 27.7 Å². The second-order valence-electron chi connectivity index (χ2n) is 16.5. The monoisotopic (exact) mass is 815 g/mol. The van der Waals surface area contributed by atoms with Crippen LogP contribution in [0.15, 0.2) is 253 Å². The van der Waals surface area contributed by atoms with Gasteiger partial charge in [-0.25, -0.2) is 0 Å². The summed E-state index contributed by atoms with van der Waals surface area (Å²) in [5.41, 5.74) is 16.9. The van der Waals surface area contributed by atoms with Gasteiger partial charge in [0.15, 0.2) is 0 Å². The molecule has 0 aliphatic rings. The maximum absolute atomic E-state index is 6.25. The van der Waals surface area contributed by atoms with Crippen LogP contribution in [0.5, 0.6) is 0 Å². The molecule has 0 N–H and O–H groups in total. The van der Waals surface area contributed by atoms with Crippen molar-refractivity contribution in [2.24, 2.45) is 0 Å². The molecule has 1 aromatic heterocycles. The van der Waals surface area contributed by atoms with Crippen LogP contribution in [0, 0.1) is 0 Å². The van der Waals surface area contributed by atoms with Gasteiger partial charge in [0.25, 0.3) is 0 Å². The number of para-hydroxylation sites is 2. The third kappa shape index (κ3) is 6.70. The van der Waals surface area contributed by atoms with Crippen LogP contribution in [0.3, 0.4) is 0 Å². The Morgan fingerprint density at radius 2 is 0.719 bits per heavy atom. The highest BCUT2D eigenvalue weighted by Crippen LogP contribution is 2.44. The molecule has 1 heterocycles. The first kappa shape index (κ1) is 37.3. The summed E-state index contributed by atoms with van der Waals surface area (Å²) in [5, 5.41) is 7.23. The lowest BCUT2D eigenvalue weighted by molar-refractivity contribution is 0.669.